The minimum absolute atomic E-state index is 0.000864. The van der Waals surface area contributed by atoms with Crippen LogP contribution in [0.4, 0.5) is 10.1 Å². The van der Waals surface area contributed by atoms with Gasteiger partial charge in [0.25, 0.3) is 0 Å². The molecule has 3 rings (SSSR count). The fraction of sp³-hybridized carbons (Fsp3) is 0.435. The molecule has 1 saturated heterocycles. The third-order valence-electron chi connectivity index (χ3n) is 5.61. The summed E-state index contributed by atoms with van der Waals surface area (Å²) in [5, 5.41) is 3.61. The van der Waals surface area contributed by atoms with Gasteiger partial charge >= 0.3 is 0 Å². The van der Waals surface area contributed by atoms with Crippen molar-refractivity contribution in [2.75, 3.05) is 18.4 Å². The summed E-state index contributed by atoms with van der Waals surface area (Å²) in [6.45, 7) is 6.35. The molecule has 1 N–H and O–H groups in total. The number of nitrogens with one attached hydrogen (secondary N) is 1. The first-order valence-electron chi connectivity index (χ1n) is 10.1. The predicted molar refractivity (Wildman–Crippen MR) is 113 cm³/mol. The average Bonchev–Trinajstić information content (AvgIpc) is 2.70. The second-order valence-electron chi connectivity index (χ2n) is 7.43. The minimum atomic E-state index is -0.268. The van der Waals surface area contributed by atoms with Crippen molar-refractivity contribution in [1.82, 2.24) is 4.90 Å². The van der Waals surface area contributed by atoms with E-state index in [0.717, 1.165) is 44.5 Å². The fourth-order valence-electron chi connectivity index (χ4n) is 3.87. The first-order valence-corrected chi connectivity index (χ1v) is 10.5. The summed E-state index contributed by atoms with van der Waals surface area (Å²) in [5.74, 6) is -0.163. The van der Waals surface area contributed by atoms with Crippen LogP contribution in [0.2, 0.25) is 5.02 Å². The van der Waals surface area contributed by atoms with Crippen LogP contribution in [0.3, 0.4) is 0 Å². The molecule has 150 valence electrons. The zero-order chi connectivity index (χ0) is 20.1. The summed E-state index contributed by atoms with van der Waals surface area (Å²) >= 11 is 5.83. The molecule has 2 aromatic rings. The van der Waals surface area contributed by atoms with Crippen LogP contribution in [0, 0.1) is 11.7 Å². The lowest BCUT2D eigenvalue weighted by molar-refractivity contribution is -0.121. The van der Waals surface area contributed by atoms with Crippen molar-refractivity contribution in [2.24, 2.45) is 5.92 Å². The number of carbonyl (C=O) groups is 1. The molecule has 0 atom stereocenters. The van der Waals surface area contributed by atoms with Gasteiger partial charge in [-0.1, -0.05) is 49.7 Å². The Kier molecular flexibility index (Phi) is 7.08. The normalized spacial score (nSPS) is 15.6. The second-order valence-corrected chi connectivity index (χ2v) is 7.87. The molecule has 0 unspecified atom stereocenters. The van der Waals surface area contributed by atoms with E-state index in [2.05, 4.69) is 42.3 Å². The number of para-hydroxylation sites is 1. The molecule has 2 aromatic carbocycles. The number of amides is 1. The van der Waals surface area contributed by atoms with Crippen molar-refractivity contribution in [1.29, 1.82) is 0 Å². The Morgan fingerprint density at radius 1 is 1.11 bits per heavy atom. The van der Waals surface area contributed by atoms with Gasteiger partial charge in [0.2, 0.25) is 5.91 Å². The van der Waals surface area contributed by atoms with Crippen LogP contribution in [-0.2, 0) is 24.2 Å². The highest BCUT2D eigenvalue weighted by molar-refractivity contribution is 6.30. The van der Waals surface area contributed by atoms with Crippen LogP contribution < -0.4 is 5.32 Å². The average molecular weight is 403 g/mol. The topological polar surface area (TPSA) is 32.3 Å². The van der Waals surface area contributed by atoms with Crippen molar-refractivity contribution in [3.63, 3.8) is 0 Å². The summed E-state index contributed by atoms with van der Waals surface area (Å²) in [7, 11) is 0. The highest BCUT2D eigenvalue weighted by Gasteiger charge is 2.26. The van der Waals surface area contributed by atoms with Crippen LogP contribution in [0.15, 0.2) is 36.4 Å². The summed E-state index contributed by atoms with van der Waals surface area (Å²) in [5.41, 5.74) is 4.01. The van der Waals surface area contributed by atoms with E-state index in [4.69, 9.17) is 11.6 Å². The largest absolute Gasteiger partial charge is 0.325 e. The molecule has 0 spiro atoms. The lowest BCUT2D eigenvalue weighted by atomic mass is 9.94. The fourth-order valence-corrected chi connectivity index (χ4v) is 4.03. The van der Waals surface area contributed by atoms with Gasteiger partial charge in [-0.3, -0.25) is 9.69 Å². The number of nitrogens with zero attached hydrogens (tertiary/aromatic N) is 1. The van der Waals surface area contributed by atoms with Crippen molar-refractivity contribution in [2.45, 2.75) is 46.1 Å². The van der Waals surface area contributed by atoms with Gasteiger partial charge in [-0.05, 0) is 62.0 Å². The number of hydrogen-bond donors (Lipinski definition) is 1. The van der Waals surface area contributed by atoms with Crippen LogP contribution in [0.5, 0.6) is 0 Å². The van der Waals surface area contributed by atoms with E-state index in [1.807, 2.05) is 0 Å². The van der Waals surface area contributed by atoms with E-state index in [-0.39, 0.29) is 17.6 Å². The maximum absolute atomic E-state index is 14.0. The Labute approximate surface area is 171 Å². The molecule has 0 bridgehead atoms. The lowest BCUT2D eigenvalue weighted by Gasteiger charge is -2.31. The third-order valence-corrected chi connectivity index (χ3v) is 5.85. The molecule has 28 heavy (non-hydrogen) atoms. The zero-order valence-corrected chi connectivity index (χ0v) is 17.4. The van der Waals surface area contributed by atoms with E-state index in [0.29, 0.717) is 17.1 Å². The van der Waals surface area contributed by atoms with Crippen molar-refractivity contribution in [3.8, 4) is 0 Å². The van der Waals surface area contributed by atoms with E-state index < -0.39 is 0 Å². The standard InChI is InChI=1S/C23H28ClFN2O/c1-3-16-6-5-7-17(4-2)22(16)26-23(28)18-10-12-27(13-11-18)15-19-8-9-20(24)14-21(19)25/h5-9,14,18H,3-4,10-13,15H2,1-2H3,(H,26,28). The number of carbonyl (C=O) groups excluding carboxylic acids is 1. The van der Waals surface area contributed by atoms with Gasteiger partial charge in [-0.15, -0.1) is 0 Å². The highest BCUT2D eigenvalue weighted by atomic mass is 35.5. The number of halogens is 2. The predicted octanol–water partition coefficient (Wildman–Crippen LogP) is 5.45. The minimum Gasteiger partial charge on any atom is -0.325 e. The van der Waals surface area contributed by atoms with Gasteiger partial charge in [0.15, 0.2) is 0 Å². The number of hydrogen-bond acceptors (Lipinski definition) is 2. The summed E-state index contributed by atoms with van der Waals surface area (Å²) in [4.78, 5) is 15.1. The van der Waals surface area contributed by atoms with Gasteiger partial charge in [-0.25, -0.2) is 4.39 Å². The molecular formula is C23H28ClFN2O. The second kappa shape index (κ2) is 9.53. The van der Waals surface area contributed by atoms with Gasteiger partial charge < -0.3 is 5.32 Å². The molecule has 1 aliphatic heterocycles. The molecule has 0 saturated carbocycles. The molecule has 1 heterocycles. The highest BCUT2D eigenvalue weighted by Crippen LogP contribution is 2.26. The maximum atomic E-state index is 14.0. The molecular weight excluding hydrogens is 375 g/mol. The van der Waals surface area contributed by atoms with Gasteiger partial charge in [0.05, 0.1) is 0 Å². The molecule has 0 radical (unpaired) electrons. The molecule has 0 aliphatic carbocycles. The summed E-state index contributed by atoms with van der Waals surface area (Å²) < 4.78 is 14.0. The zero-order valence-electron chi connectivity index (χ0n) is 16.6. The van der Waals surface area contributed by atoms with E-state index in [1.54, 1.807) is 12.1 Å². The molecule has 1 fully saturated rings. The van der Waals surface area contributed by atoms with Gasteiger partial charge in [-0.2, -0.15) is 0 Å². The molecule has 1 amide bonds. The smallest absolute Gasteiger partial charge is 0.227 e. The third kappa shape index (κ3) is 4.92. The van der Waals surface area contributed by atoms with Gasteiger partial charge in [0.1, 0.15) is 5.82 Å². The first kappa shape index (κ1) is 20.8. The van der Waals surface area contributed by atoms with Crippen molar-refractivity contribution >= 4 is 23.2 Å². The summed E-state index contributed by atoms with van der Waals surface area (Å²) in [6.07, 6.45) is 3.37. The van der Waals surface area contributed by atoms with Crippen molar-refractivity contribution in [3.05, 3.63) is 63.9 Å². The molecule has 3 nitrogen and oxygen atoms in total. The quantitative estimate of drug-likeness (QED) is 0.696. The number of rotatable bonds is 6. The Morgan fingerprint density at radius 3 is 2.32 bits per heavy atom. The number of piperidine rings is 1. The summed E-state index contributed by atoms with van der Waals surface area (Å²) in [6, 6.07) is 11.0. The van der Waals surface area contributed by atoms with Crippen LogP contribution >= 0.6 is 11.6 Å². The Hall–Kier alpha value is -1.91. The van der Waals surface area contributed by atoms with E-state index >= 15 is 0 Å². The number of likely N-dealkylation sites (tertiary alicyclic amines) is 1. The Bertz CT molecular complexity index is 809. The monoisotopic (exact) mass is 402 g/mol. The van der Waals surface area contributed by atoms with E-state index in [1.165, 1.54) is 17.2 Å². The lowest BCUT2D eigenvalue weighted by Crippen LogP contribution is -2.38. The maximum Gasteiger partial charge on any atom is 0.227 e. The van der Waals surface area contributed by atoms with Gasteiger partial charge in [0, 0.05) is 28.7 Å². The Balaban J connectivity index is 1.58. The van der Waals surface area contributed by atoms with Crippen LogP contribution in [0.25, 0.3) is 0 Å². The number of anilines is 1. The molecule has 5 heteroatoms. The first-order chi connectivity index (χ1) is 13.5. The van der Waals surface area contributed by atoms with Crippen molar-refractivity contribution < 1.29 is 9.18 Å². The van der Waals surface area contributed by atoms with Crippen LogP contribution in [0.1, 0.15) is 43.4 Å². The number of benzene rings is 2. The Morgan fingerprint density at radius 2 is 1.75 bits per heavy atom. The molecule has 1 aliphatic rings. The SMILES string of the molecule is CCc1cccc(CC)c1NC(=O)C1CCN(Cc2ccc(Cl)cc2F)CC1. The number of aryl methyl sites for hydroxylation is 2. The van der Waals surface area contributed by atoms with E-state index in [9.17, 15) is 9.18 Å². The molecule has 0 aromatic heterocycles. The van der Waals surface area contributed by atoms with Crippen LogP contribution in [-0.4, -0.2) is 23.9 Å².